The molecular formula is C6H18N2Na4O3. The van der Waals surface area contributed by atoms with Crippen LogP contribution < -0.4 is 11.5 Å². The van der Waals surface area contributed by atoms with Gasteiger partial charge in [-0.15, -0.1) is 0 Å². The zero-order valence-electron chi connectivity index (χ0n) is 6.41. The molecule has 0 fully saturated rings. The Labute approximate surface area is 179 Å². The van der Waals surface area contributed by atoms with Gasteiger partial charge >= 0.3 is 124 Å². The Kier molecular flexibility index (Phi) is 53.8. The van der Waals surface area contributed by atoms with Gasteiger partial charge in [0, 0.05) is 13.1 Å². The summed E-state index contributed by atoms with van der Waals surface area (Å²) in [6.45, 7) is 1.31. The molecule has 0 saturated heterocycles. The number of esters is 1. The molecule has 0 radical (unpaired) electrons. The second-order valence-corrected chi connectivity index (χ2v) is 1.85. The standard InChI is InChI=1S/C6H14N2O3.4Na.4H/c7-1-3-10-5-6(9)11-4-2-8;;;;;;;;/h1-5,7-8H2;;;;;;;;. The predicted octanol–water partition coefficient (Wildman–Crippen LogP) is -4.13. The van der Waals surface area contributed by atoms with E-state index in [2.05, 4.69) is 4.74 Å². The Balaban J connectivity index is -0.0000000833. The first-order valence-electron chi connectivity index (χ1n) is 3.44. The molecule has 15 heavy (non-hydrogen) atoms. The summed E-state index contributed by atoms with van der Waals surface area (Å²) >= 11 is 0. The number of hydrogen-bond acceptors (Lipinski definition) is 5. The molecule has 0 aromatic carbocycles. The van der Waals surface area contributed by atoms with E-state index in [1.54, 1.807) is 0 Å². The molecule has 0 aliphatic rings. The summed E-state index contributed by atoms with van der Waals surface area (Å²) in [5.74, 6) is -0.399. The maximum absolute atomic E-state index is 10.6. The third-order valence-corrected chi connectivity index (χ3v) is 0.863. The predicted molar refractivity (Wildman–Crippen MR) is 68.5 cm³/mol. The van der Waals surface area contributed by atoms with Gasteiger partial charge in [-0.3, -0.25) is 0 Å². The monoisotopic (exact) mass is 258 g/mol. The van der Waals surface area contributed by atoms with Crippen molar-refractivity contribution in [2.45, 2.75) is 0 Å². The number of ether oxygens (including phenoxy) is 2. The van der Waals surface area contributed by atoms with Crippen LogP contribution in [0, 0.1) is 0 Å². The quantitative estimate of drug-likeness (QED) is 0.287. The van der Waals surface area contributed by atoms with Gasteiger partial charge in [-0.25, -0.2) is 4.79 Å². The van der Waals surface area contributed by atoms with Crippen molar-refractivity contribution in [3.05, 3.63) is 0 Å². The van der Waals surface area contributed by atoms with E-state index in [4.69, 9.17) is 16.2 Å². The fraction of sp³-hybridized carbons (Fsp3) is 0.833. The van der Waals surface area contributed by atoms with Crippen LogP contribution in [0.5, 0.6) is 0 Å². The van der Waals surface area contributed by atoms with E-state index in [-0.39, 0.29) is 131 Å². The van der Waals surface area contributed by atoms with Gasteiger partial charge in [-0.1, -0.05) is 0 Å². The number of nitrogens with two attached hydrogens (primary N) is 2. The Morgan fingerprint density at radius 2 is 1.40 bits per heavy atom. The maximum atomic E-state index is 10.6. The minimum absolute atomic E-state index is 0. The molecule has 0 rings (SSSR count). The van der Waals surface area contributed by atoms with Crippen molar-refractivity contribution in [2.75, 3.05) is 32.9 Å². The van der Waals surface area contributed by atoms with Crippen molar-refractivity contribution in [1.29, 1.82) is 0 Å². The summed E-state index contributed by atoms with van der Waals surface area (Å²) in [7, 11) is 0. The molecule has 0 amide bonds. The second kappa shape index (κ2) is 26.0. The van der Waals surface area contributed by atoms with Crippen LogP contribution in [0.25, 0.3) is 0 Å². The molecule has 0 bridgehead atoms. The molecule has 9 heteroatoms. The van der Waals surface area contributed by atoms with E-state index in [1.807, 2.05) is 0 Å². The number of carbonyl (C=O) groups excluding carboxylic acids is 1. The first-order chi connectivity index (χ1) is 5.31. The van der Waals surface area contributed by atoms with E-state index >= 15 is 0 Å². The Morgan fingerprint density at radius 1 is 0.933 bits per heavy atom. The van der Waals surface area contributed by atoms with Gasteiger partial charge in [0.05, 0.1) is 6.61 Å². The van der Waals surface area contributed by atoms with Crippen molar-refractivity contribution in [3.8, 4) is 0 Å². The zero-order chi connectivity index (χ0) is 8.53. The summed E-state index contributed by atoms with van der Waals surface area (Å²) in [5.41, 5.74) is 10.2. The van der Waals surface area contributed by atoms with Gasteiger partial charge in [-0.2, -0.15) is 0 Å². The van der Waals surface area contributed by atoms with Crippen molar-refractivity contribution in [3.63, 3.8) is 0 Å². The van der Waals surface area contributed by atoms with E-state index in [9.17, 15) is 4.79 Å². The fourth-order valence-corrected chi connectivity index (χ4v) is 0.453. The number of rotatable bonds is 6. The molecule has 0 aromatic heterocycles. The first-order valence-corrected chi connectivity index (χ1v) is 3.44. The third-order valence-electron chi connectivity index (χ3n) is 0.863. The Morgan fingerprint density at radius 3 is 1.80 bits per heavy atom. The Bertz CT molecular complexity index is 121. The van der Waals surface area contributed by atoms with Gasteiger partial charge in [0.1, 0.15) is 13.2 Å². The summed E-state index contributed by atoms with van der Waals surface area (Å²) in [6.07, 6.45) is 0. The molecule has 74 valence electrons. The van der Waals surface area contributed by atoms with E-state index in [0.29, 0.717) is 19.7 Å². The molecular weight excluding hydrogens is 240 g/mol. The van der Waals surface area contributed by atoms with E-state index in [0.717, 1.165) is 0 Å². The summed E-state index contributed by atoms with van der Waals surface area (Å²) < 4.78 is 9.41. The molecule has 0 unspecified atom stereocenters. The van der Waals surface area contributed by atoms with Crippen molar-refractivity contribution >= 4 is 124 Å². The van der Waals surface area contributed by atoms with Gasteiger partial charge in [0.2, 0.25) is 0 Å². The van der Waals surface area contributed by atoms with Gasteiger partial charge in [0.25, 0.3) is 0 Å². The van der Waals surface area contributed by atoms with Crippen molar-refractivity contribution in [2.24, 2.45) is 11.5 Å². The SMILES string of the molecule is NCCOCC(=O)OCCN.[NaH].[NaH].[NaH].[NaH]. The van der Waals surface area contributed by atoms with Crippen LogP contribution in [0.4, 0.5) is 0 Å². The number of carbonyl (C=O) groups is 1. The number of hydrogen-bond donors (Lipinski definition) is 2. The molecule has 0 heterocycles. The zero-order valence-corrected chi connectivity index (χ0v) is 6.41. The summed E-state index contributed by atoms with van der Waals surface area (Å²) in [4.78, 5) is 10.6. The molecule has 0 aliphatic heterocycles. The molecule has 0 saturated carbocycles. The van der Waals surface area contributed by atoms with Crippen LogP contribution in [0.2, 0.25) is 0 Å². The second-order valence-electron chi connectivity index (χ2n) is 1.85. The average molecular weight is 258 g/mol. The topological polar surface area (TPSA) is 87.6 Å². The normalized spacial score (nSPS) is 7.07. The molecule has 0 atom stereocenters. The fourth-order valence-electron chi connectivity index (χ4n) is 0.453. The van der Waals surface area contributed by atoms with E-state index < -0.39 is 5.97 Å². The van der Waals surface area contributed by atoms with Crippen LogP contribution in [-0.4, -0.2) is 157 Å². The molecule has 0 spiro atoms. The van der Waals surface area contributed by atoms with Gasteiger partial charge in [0.15, 0.2) is 0 Å². The van der Waals surface area contributed by atoms with Crippen LogP contribution in [0.1, 0.15) is 0 Å². The molecule has 0 aliphatic carbocycles. The van der Waals surface area contributed by atoms with Gasteiger partial charge in [-0.05, 0) is 0 Å². The van der Waals surface area contributed by atoms with Crippen LogP contribution in [0.15, 0.2) is 0 Å². The summed E-state index contributed by atoms with van der Waals surface area (Å²) in [6, 6.07) is 0. The average Bonchev–Trinajstić information content (AvgIpc) is 2.01. The molecule has 0 aromatic rings. The first kappa shape index (κ1) is 31.0. The molecule has 5 nitrogen and oxygen atoms in total. The summed E-state index contributed by atoms with van der Waals surface area (Å²) in [5, 5.41) is 0. The minimum atomic E-state index is -0.399. The third kappa shape index (κ3) is 26.8. The van der Waals surface area contributed by atoms with Crippen LogP contribution in [-0.2, 0) is 14.3 Å². The van der Waals surface area contributed by atoms with Gasteiger partial charge < -0.3 is 20.9 Å². The molecule has 4 N–H and O–H groups in total. The Hall–Kier alpha value is 3.35. The van der Waals surface area contributed by atoms with Crippen molar-refractivity contribution < 1.29 is 14.3 Å². The van der Waals surface area contributed by atoms with Crippen molar-refractivity contribution in [1.82, 2.24) is 0 Å². The van der Waals surface area contributed by atoms with Crippen LogP contribution >= 0.6 is 0 Å². The van der Waals surface area contributed by atoms with E-state index in [1.165, 1.54) is 0 Å². The van der Waals surface area contributed by atoms with Crippen LogP contribution in [0.3, 0.4) is 0 Å².